The maximum Gasteiger partial charge on any atom is 0.259 e. The molecule has 0 saturated heterocycles. The average molecular weight is 549 g/mol. The van der Waals surface area contributed by atoms with Crippen molar-refractivity contribution in [2.75, 3.05) is 11.4 Å². The van der Waals surface area contributed by atoms with Crippen LogP contribution in [0.2, 0.25) is 5.02 Å². The third kappa shape index (κ3) is 5.05. The first-order valence-electron chi connectivity index (χ1n) is 11.8. The van der Waals surface area contributed by atoms with E-state index in [1.54, 1.807) is 24.3 Å². The SMILES string of the molecule is O=C(NCCc1ccc(Cl)cc1)c1ccc2c(c1)N(Cc1ccc(F)cc1)C(=O)c1ccccc1S2(=O)=O. The summed E-state index contributed by atoms with van der Waals surface area (Å²) in [5, 5.41) is 3.46. The molecule has 0 unspecified atom stereocenters. The topological polar surface area (TPSA) is 83.6 Å². The van der Waals surface area contributed by atoms with Crippen molar-refractivity contribution in [3.8, 4) is 0 Å². The number of amides is 2. The van der Waals surface area contributed by atoms with Crippen molar-refractivity contribution in [1.29, 1.82) is 0 Å². The van der Waals surface area contributed by atoms with Crippen LogP contribution >= 0.6 is 11.6 Å². The maximum atomic E-state index is 13.7. The number of carbonyl (C=O) groups is 2. The van der Waals surface area contributed by atoms with Crippen LogP contribution in [0.3, 0.4) is 0 Å². The molecule has 6 nitrogen and oxygen atoms in total. The lowest BCUT2D eigenvalue weighted by Gasteiger charge is -2.23. The van der Waals surface area contributed by atoms with Gasteiger partial charge in [-0.1, -0.05) is 48.0 Å². The van der Waals surface area contributed by atoms with Crippen molar-refractivity contribution < 1.29 is 22.4 Å². The molecule has 1 aliphatic heterocycles. The van der Waals surface area contributed by atoms with E-state index in [1.165, 1.54) is 59.5 Å². The molecule has 0 aromatic heterocycles. The van der Waals surface area contributed by atoms with Gasteiger partial charge in [0.1, 0.15) is 5.82 Å². The number of anilines is 1. The Morgan fingerprint density at radius 2 is 1.55 bits per heavy atom. The summed E-state index contributed by atoms with van der Waals surface area (Å²) in [5.74, 6) is -1.37. The van der Waals surface area contributed by atoms with Gasteiger partial charge in [-0.15, -0.1) is 0 Å². The Balaban J connectivity index is 1.50. The largest absolute Gasteiger partial charge is 0.352 e. The van der Waals surface area contributed by atoms with E-state index in [1.807, 2.05) is 12.1 Å². The first kappa shape index (κ1) is 25.6. The molecule has 38 heavy (non-hydrogen) atoms. The Labute approximate surface area is 224 Å². The zero-order valence-electron chi connectivity index (χ0n) is 20.0. The molecule has 0 atom stereocenters. The van der Waals surface area contributed by atoms with E-state index in [0.717, 1.165) is 5.56 Å². The minimum atomic E-state index is -4.07. The number of benzene rings is 4. The number of hydrogen-bond donors (Lipinski definition) is 1. The summed E-state index contributed by atoms with van der Waals surface area (Å²) in [6, 6.07) is 23.1. The minimum Gasteiger partial charge on any atom is -0.352 e. The molecule has 1 N–H and O–H groups in total. The van der Waals surface area contributed by atoms with E-state index in [9.17, 15) is 22.4 Å². The lowest BCUT2D eigenvalue weighted by Crippen LogP contribution is -2.31. The smallest absolute Gasteiger partial charge is 0.259 e. The van der Waals surface area contributed by atoms with Gasteiger partial charge in [-0.25, -0.2) is 12.8 Å². The second-order valence-electron chi connectivity index (χ2n) is 8.83. The first-order valence-corrected chi connectivity index (χ1v) is 13.7. The summed E-state index contributed by atoms with van der Waals surface area (Å²) in [6.07, 6.45) is 0.576. The van der Waals surface area contributed by atoms with Gasteiger partial charge in [0.15, 0.2) is 0 Å². The molecule has 9 heteroatoms. The standard InChI is InChI=1S/C29H22ClFN2O4S/c30-22-10-5-19(6-11-22)15-16-32-28(34)21-9-14-27-25(17-21)33(18-20-7-12-23(31)13-8-20)29(35)24-3-1-2-4-26(24)38(27,36)37/h1-14,17H,15-16,18H2,(H,32,34). The molecule has 1 heterocycles. The highest BCUT2D eigenvalue weighted by Gasteiger charge is 2.36. The van der Waals surface area contributed by atoms with Crippen molar-refractivity contribution in [3.63, 3.8) is 0 Å². The summed E-state index contributed by atoms with van der Waals surface area (Å²) in [6.45, 7) is 0.330. The number of halogens is 2. The second kappa shape index (κ2) is 10.4. The Kier molecular flexibility index (Phi) is 7.01. The van der Waals surface area contributed by atoms with Crippen LogP contribution in [0.1, 0.15) is 31.8 Å². The van der Waals surface area contributed by atoms with Crippen LogP contribution in [0.4, 0.5) is 10.1 Å². The predicted molar refractivity (Wildman–Crippen MR) is 143 cm³/mol. The number of nitrogens with one attached hydrogen (secondary N) is 1. The van der Waals surface area contributed by atoms with Gasteiger partial charge >= 0.3 is 0 Å². The number of hydrogen-bond acceptors (Lipinski definition) is 4. The van der Waals surface area contributed by atoms with Crippen LogP contribution < -0.4 is 10.2 Å². The molecule has 0 fully saturated rings. The van der Waals surface area contributed by atoms with Gasteiger partial charge in [0, 0.05) is 17.1 Å². The fraction of sp³-hybridized carbons (Fsp3) is 0.103. The van der Waals surface area contributed by atoms with Gasteiger partial charge in [0.05, 0.1) is 27.6 Å². The lowest BCUT2D eigenvalue weighted by molar-refractivity contribution is 0.0950. The van der Waals surface area contributed by atoms with Crippen molar-refractivity contribution >= 4 is 38.9 Å². The van der Waals surface area contributed by atoms with Crippen molar-refractivity contribution in [2.45, 2.75) is 22.8 Å². The van der Waals surface area contributed by atoms with Crippen LogP contribution in [-0.2, 0) is 22.8 Å². The number of sulfone groups is 1. The molecule has 0 saturated carbocycles. The Morgan fingerprint density at radius 3 is 2.29 bits per heavy atom. The molecule has 0 spiro atoms. The number of fused-ring (bicyclic) bond motifs is 2. The molecule has 4 aromatic rings. The summed E-state index contributed by atoms with van der Waals surface area (Å²) < 4.78 is 40.7. The van der Waals surface area contributed by atoms with E-state index in [2.05, 4.69) is 5.32 Å². The van der Waals surface area contributed by atoms with Gasteiger partial charge in [0.25, 0.3) is 11.8 Å². The van der Waals surface area contributed by atoms with Crippen molar-refractivity contribution in [3.05, 3.63) is 124 Å². The molecule has 1 aliphatic rings. The number of nitrogens with zero attached hydrogens (tertiary/aromatic N) is 1. The van der Waals surface area contributed by atoms with Crippen molar-refractivity contribution in [2.24, 2.45) is 0 Å². The van der Waals surface area contributed by atoms with Crippen LogP contribution in [0.15, 0.2) is 101 Å². The van der Waals surface area contributed by atoms with Gasteiger partial charge in [-0.2, -0.15) is 0 Å². The molecule has 192 valence electrons. The van der Waals surface area contributed by atoms with E-state index in [-0.39, 0.29) is 33.2 Å². The Morgan fingerprint density at radius 1 is 0.868 bits per heavy atom. The van der Waals surface area contributed by atoms with Gasteiger partial charge in [0.2, 0.25) is 9.84 Å². The van der Waals surface area contributed by atoms with Gasteiger partial charge < -0.3 is 10.2 Å². The molecule has 2 amide bonds. The molecule has 0 aliphatic carbocycles. The highest BCUT2D eigenvalue weighted by molar-refractivity contribution is 7.91. The van der Waals surface area contributed by atoms with E-state index >= 15 is 0 Å². The Bertz CT molecular complexity index is 1640. The summed E-state index contributed by atoms with van der Waals surface area (Å²) in [4.78, 5) is 27.8. The average Bonchev–Trinajstić information content (AvgIpc) is 2.99. The van der Waals surface area contributed by atoms with E-state index in [4.69, 9.17) is 11.6 Å². The molecule has 0 bridgehead atoms. The highest BCUT2D eigenvalue weighted by Crippen LogP contribution is 2.38. The summed E-state index contributed by atoms with van der Waals surface area (Å²) in [7, 11) is -4.07. The van der Waals surface area contributed by atoms with Crippen molar-refractivity contribution in [1.82, 2.24) is 5.32 Å². The minimum absolute atomic E-state index is 0.0163. The van der Waals surface area contributed by atoms with Crippen LogP contribution in [0.25, 0.3) is 0 Å². The third-order valence-corrected chi connectivity index (χ3v) is 8.43. The van der Waals surface area contributed by atoms with Crippen LogP contribution in [0, 0.1) is 5.82 Å². The molecule has 4 aromatic carbocycles. The third-order valence-electron chi connectivity index (χ3n) is 6.32. The lowest BCUT2D eigenvalue weighted by atomic mass is 10.1. The molecule has 0 radical (unpaired) electrons. The Hall–Kier alpha value is -4.01. The number of rotatable bonds is 6. The summed E-state index contributed by atoms with van der Waals surface area (Å²) >= 11 is 5.92. The number of carbonyl (C=O) groups excluding carboxylic acids is 2. The molecular weight excluding hydrogens is 527 g/mol. The van der Waals surface area contributed by atoms with Crippen LogP contribution in [0.5, 0.6) is 0 Å². The molecular formula is C29H22ClFN2O4S. The normalized spacial score (nSPS) is 13.8. The van der Waals surface area contributed by atoms with Gasteiger partial charge in [-0.3, -0.25) is 9.59 Å². The zero-order chi connectivity index (χ0) is 26.9. The van der Waals surface area contributed by atoms with E-state index in [0.29, 0.717) is 23.6 Å². The predicted octanol–water partition coefficient (Wildman–Crippen LogP) is 5.44. The fourth-order valence-electron chi connectivity index (χ4n) is 4.35. The first-order chi connectivity index (χ1) is 18.2. The van der Waals surface area contributed by atoms with E-state index < -0.39 is 27.5 Å². The quantitative estimate of drug-likeness (QED) is 0.347. The van der Waals surface area contributed by atoms with Crippen LogP contribution in [-0.4, -0.2) is 26.8 Å². The zero-order valence-corrected chi connectivity index (χ0v) is 21.6. The molecule has 5 rings (SSSR count). The fourth-order valence-corrected chi connectivity index (χ4v) is 6.11. The maximum absolute atomic E-state index is 13.7. The monoisotopic (exact) mass is 548 g/mol. The summed E-state index contributed by atoms with van der Waals surface area (Å²) in [5.41, 5.74) is 1.91. The highest BCUT2D eigenvalue weighted by atomic mass is 35.5. The second-order valence-corrected chi connectivity index (χ2v) is 11.2. The van der Waals surface area contributed by atoms with Gasteiger partial charge in [-0.05, 0) is 72.1 Å².